The van der Waals surface area contributed by atoms with Gasteiger partial charge in [-0.1, -0.05) is 25.0 Å². The van der Waals surface area contributed by atoms with Crippen molar-refractivity contribution >= 4 is 23.0 Å². The van der Waals surface area contributed by atoms with Gasteiger partial charge in [-0.05, 0) is 80.3 Å². The van der Waals surface area contributed by atoms with E-state index in [0.717, 1.165) is 55.6 Å². The van der Waals surface area contributed by atoms with Gasteiger partial charge in [0, 0.05) is 12.7 Å². The van der Waals surface area contributed by atoms with Gasteiger partial charge in [-0.3, -0.25) is 4.79 Å². The number of anilines is 1. The van der Waals surface area contributed by atoms with Crippen LogP contribution in [0.25, 0.3) is 5.65 Å². The average molecular weight is 474 g/mol. The number of aromatic nitrogens is 3. The molecule has 0 radical (unpaired) electrons. The Hall–Kier alpha value is -3.35. The van der Waals surface area contributed by atoms with E-state index in [-0.39, 0.29) is 29.8 Å². The van der Waals surface area contributed by atoms with E-state index < -0.39 is 0 Å². The van der Waals surface area contributed by atoms with Crippen molar-refractivity contribution in [2.24, 2.45) is 5.92 Å². The standard InChI is InChI=1S/C28H32FN5O/c1-18-5-3-6-20(13-18)14-22(35)16-25(30)24-17-31-34-12-10-27(32-28(24)34)33-11-4-7-26(33)23-15-21(29)9-8-19(23)2/h8-10,12,14-15,17-18,26,30H,3-7,11,13,16H2,1-2H3/b20-14-,30-25?/t18-,26+/m0/s1. The fourth-order valence-corrected chi connectivity index (χ4v) is 5.58. The lowest BCUT2D eigenvalue weighted by Crippen LogP contribution is -2.24. The maximum atomic E-state index is 14.0. The molecule has 0 unspecified atom stereocenters. The summed E-state index contributed by atoms with van der Waals surface area (Å²) in [7, 11) is 0. The highest BCUT2D eigenvalue weighted by molar-refractivity contribution is 6.14. The lowest BCUT2D eigenvalue weighted by molar-refractivity contribution is -0.113. The molecule has 2 aromatic heterocycles. The summed E-state index contributed by atoms with van der Waals surface area (Å²) in [4.78, 5) is 19.8. The summed E-state index contributed by atoms with van der Waals surface area (Å²) in [5.41, 5.74) is 4.63. The third-order valence-electron chi connectivity index (χ3n) is 7.35. The molecule has 182 valence electrons. The van der Waals surface area contributed by atoms with Crippen molar-refractivity contribution in [3.8, 4) is 0 Å². The molecule has 1 saturated heterocycles. The molecular weight excluding hydrogens is 441 g/mol. The molecule has 0 spiro atoms. The van der Waals surface area contributed by atoms with Crippen molar-refractivity contribution in [2.45, 2.75) is 64.8 Å². The zero-order valence-electron chi connectivity index (χ0n) is 20.4. The third kappa shape index (κ3) is 4.90. The summed E-state index contributed by atoms with van der Waals surface area (Å²) < 4.78 is 15.7. The third-order valence-corrected chi connectivity index (χ3v) is 7.35. The Bertz CT molecular complexity index is 1310. The van der Waals surface area contributed by atoms with Crippen molar-refractivity contribution in [1.29, 1.82) is 5.41 Å². The quantitative estimate of drug-likeness (QED) is 0.353. The van der Waals surface area contributed by atoms with E-state index in [2.05, 4.69) is 16.9 Å². The number of hydrogen-bond donors (Lipinski definition) is 1. The molecule has 5 rings (SSSR count). The smallest absolute Gasteiger partial charge is 0.166 e. The zero-order chi connectivity index (χ0) is 24.5. The van der Waals surface area contributed by atoms with Crippen LogP contribution in [0.5, 0.6) is 0 Å². The van der Waals surface area contributed by atoms with Crippen LogP contribution in [-0.4, -0.2) is 32.6 Å². The highest BCUT2D eigenvalue weighted by Crippen LogP contribution is 2.37. The van der Waals surface area contributed by atoms with E-state index in [1.807, 2.05) is 25.3 Å². The number of aryl methyl sites for hydroxylation is 1. The molecule has 1 aliphatic heterocycles. The van der Waals surface area contributed by atoms with Crippen LogP contribution in [0.3, 0.4) is 0 Å². The van der Waals surface area contributed by atoms with Crippen molar-refractivity contribution in [3.05, 3.63) is 70.8 Å². The monoisotopic (exact) mass is 473 g/mol. The SMILES string of the molecule is Cc1ccc(F)cc1[C@H]1CCCN1c1ccn2ncc(C(=N)CC(=O)/C=C3/CCC[C@H](C)C3)c2n1. The topological polar surface area (TPSA) is 74.3 Å². The zero-order valence-corrected chi connectivity index (χ0v) is 20.4. The van der Waals surface area contributed by atoms with Gasteiger partial charge in [0.25, 0.3) is 0 Å². The summed E-state index contributed by atoms with van der Waals surface area (Å²) >= 11 is 0. The summed E-state index contributed by atoms with van der Waals surface area (Å²) in [6, 6.07) is 6.93. The Morgan fingerprint density at radius 1 is 1.26 bits per heavy atom. The van der Waals surface area contributed by atoms with Crippen molar-refractivity contribution in [1.82, 2.24) is 14.6 Å². The number of nitrogens with zero attached hydrogens (tertiary/aromatic N) is 4. The number of halogens is 1. The molecule has 2 atom stereocenters. The molecule has 6 nitrogen and oxygen atoms in total. The predicted molar refractivity (Wildman–Crippen MR) is 136 cm³/mol. The van der Waals surface area contributed by atoms with Gasteiger partial charge in [-0.25, -0.2) is 13.9 Å². The average Bonchev–Trinajstić information content (AvgIpc) is 3.47. The Morgan fingerprint density at radius 3 is 2.94 bits per heavy atom. The van der Waals surface area contributed by atoms with Crippen molar-refractivity contribution in [3.63, 3.8) is 0 Å². The highest BCUT2D eigenvalue weighted by atomic mass is 19.1. The normalized spacial score (nSPS) is 21.7. The van der Waals surface area contributed by atoms with Crippen LogP contribution < -0.4 is 4.90 Å². The number of hydrogen-bond acceptors (Lipinski definition) is 5. The first-order valence-electron chi connectivity index (χ1n) is 12.6. The second-order valence-corrected chi connectivity index (χ2v) is 10.1. The first-order chi connectivity index (χ1) is 16.9. The first kappa shape index (κ1) is 23.4. The number of carbonyl (C=O) groups is 1. The molecule has 3 heterocycles. The van der Waals surface area contributed by atoms with Crippen molar-refractivity contribution < 1.29 is 9.18 Å². The summed E-state index contributed by atoms with van der Waals surface area (Å²) in [6.45, 7) is 5.07. The molecule has 7 heteroatoms. The summed E-state index contributed by atoms with van der Waals surface area (Å²) in [5, 5.41) is 13.0. The van der Waals surface area contributed by atoms with Gasteiger partial charge < -0.3 is 10.3 Å². The fraction of sp³-hybridized carbons (Fsp3) is 0.429. The van der Waals surface area contributed by atoms with E-state index in [1.54, 1.807) is 22.9 Å². The lowest BCUT2D eigenvalue weighted by Gasteiger charge is -2.27. The predicted octanol–water partition coefficient (Wildman–Crippen LogP) is 5.98. The Kier molecular flexibility index (Phi) is 6.50. The van der Waals surface area contributed by atoms with Gasteiger partial charge in [0.05, 0.1) is 29.9 Å². The molecule has 1 N–H and O–H groups in total. The maximum absolute atomic E-state index is 14.0. The van der Waals surface area contributed by atoms with Crippen LogP contribution in [0, 0.1) is 24.1 Å². The molecular formula is C28H32FN5O. The first-order valence-corrected chi connectivity index (χ1v) is 12.6. The molecule has 2 fully saturated rings. The van der Waals surface area contributed by atoms with Crippen molar-refractivity contribution in [2.75, 3.05) is 11.4 Å². The molecule has 1 aliphatic carbocycles. The van der Waals surface area contributed by atoms with Crippen LogP contribution in [0.15, 0.2) is 48.3 Å². The highest BCUT2D eigenvalue weighted by Gasteiger charge is 2.29. The number of nitrogens with one attached hydrogen (secondary N) is 1. The Labute approximate surface area is 205 Å². The largest absolute Gasteiger partial charge is 0.349 e. The molecule has 0 bridgehead atoms. The van der Waals surface area contributed by atoms with E-state index in [1.165, 1.54) is 18.1 Å². The van der Waals surface area contributed by atoms with Gasteiger partial charge in [0.1, 0.15) is 11.6 Å². The second-order valence-electron chi connectivity index (χ2n) is 10.1. The minimum Gasteiger partial charge on any atom is -0.349 e. The summed E-state index contributed by atoms with van der Waals surface area (Å²) in [6.07, 6.45) is 11.5. The number of allylic oxidation sites excluding steroid dienone is 2. The number of ketones is 1. The van der Waals surface area contributed by atoms with E-state index in [4.69, 9.17) is 10.4 Å². The van der Waals surface area contributed by atoms with Gasteiger partial charge in [0.2, 0.25) is 0 Å². The molecule has 1 aromatic carbocycles. The minimum absolute atomic E-state index is 0.0317. The number of benzene rings is 1. The maximum Gasteiger partial charge on any atom is 0.166 e. The second kappa shape index (κ2) is 9.72. The van der Waals surface area contributed by atoms with Crippen LogP contribution in [0.2, 0.25) is 0 Å². The van der Waals surface area contributed by atoms with Gasteiger partial charge in [0.15, 0.2) is 11.4 Å². The van der Waals surface area contributed by atoms with Crippen LogP contribution in [0.1, 0.15) is 74.6 Å². The van der Waals surface area contributed by atoms with Crippen LogP contribution in [0.4, 0.5) is 10.2 Å². The lowest BCUT2D eigenvalue weighted by atomic mass is 9.86. The van der Waals surface area contributed by atoms with E-state index >= 15 is 0 Å². The van der Waals surface area contributed by atoms with Gasteiger partial charge in [-0.15, -0.1) is 0 Å². The van der Waals surface area contributed by atoms with Crippen LogP contribution in [-0.2, 0) is 4.79 Å². The van der Waals surface area contributed by atoms with Crippen LogP contribution >= 0.6 is 0 Å². The van der Waals surface area contributed by atoms with E-state index in [9.17, 15) is 9.18 Å². The molecule has 0 amide bonds. The molecule has 3 aromatic rings. The molecule has 1 saturated carbocycles. The Morgan fingerprint density at radius 2 is 2.11 bits per heavy atom. The van der Waals surface area contributed by atoms with Gasteiger partial charge >= 0.3 is 0 Å². The molecule has 2 aliphatic rings. The minimum atomic E-state index is -0.227. The fourth-order valence-electron chi connectivity index (χ4n) is 5.58. The molecule has 35 heavy (non-hydrogen) atoms. The summed E-state index contributed by atoms with van der Waals surface area (Å²) in [5.74, 6) is 1.14. The van der Waals surface area contributed by atoms with E-state index in [0.29, 0.717) is 17.1 Å². The number of rotatable bonds is 6. The van der Waals surface area contributed by atoms with Gasteiger partial charge in [-0.2, -0.15) is 5.10 Å². The number of carbonyl (C=O) groups excluding carboxylic acids is 1. The number of fused-ring (bicyclic) bond motifs is 1. The Balaban J connectivity index is 1.38.